The lowest BCUT2D eigenvalue weighted by molar-refractivity contribution is 0.504. The second kappa shape index (κ2) is 5.61. The zero-order chi connectivity index (χ0) is 15.9. The van der Waals surface area contributed by atoms with Gasteiger partial charge in [0.2, 0.25) is 0 Å². The van der Waals surface area contributed by atoms with E-state index in [0.717, 1.165) is 6.07 Å². The molecule has 1 heterocycles. The van der Waals surface area contributed by atoms with Crippen LogP contribution in [0.15, 0.2) is 21.1 Å². The highest BCUT2D eigenvalue weighted by Gasteiger charge is 2.24. The van der Waals surface area contributed by atoms with Gasteiger partial charge in [0.05, 0.1) is 14.6 Å². The van der Waals surface area contributed by atoms with Gasteiger partial charge in [0.15, 0.2) is 17.5 Å². The van der Waals surface area contributed by atoms with Crippen LogP contribution in [0, 0.1) is 11.6 Å². The van der Waals surface area contributed by atoms with Crippen LogP contribution in [-0.4, -0.2) is 9.97 Å². The third kappa shape index (κ3) is 3.08. The van der Waals surface area contributed by atoms with E-state index in [2.05, 4.69) is 41.8 Å². The van der Waals surface area contributed by atoms with Gasteiger partial charge in [-0.15, -0.1) is 0 Å². The molecule has 0 aliphatic rings. The van der Waals surface area contributed by atoms with Crippen molar-refractivity contribution in [2.75, 3.05) is 5.73 Å². The first kappa shape index (κ1) is 16.3. The molecule has 3 nitrogen and oxygen atoms in total. The second-order valence-corrected chi connectivity index (χ2v) is 7.15. The van der Waals surface area contributed by atoms with Gasteiger partial charge < -0.3 is 5.73 Å². The molecular formula is C14H13Br2F2N3. The lowest BCUT2D eigenvalue weighted by Gasteiger charge is -2.21. The van der Waals surface area contributed by atoms with Crippen molar-refractivity contribution in [2.24, 2.45) is 0 Å². The summed E-state index contributed by atoms with van der Waals surface area (Å²) < 4.78 is 27.5. The smallest absolute Gasteiger partial charge is 0.173 e. The molecule has 0 saturated carbocycles. The molecule has 0 bridgehead atoms. The molecule has 1 aromatic carbocycles. The molecular weight excluding hydrogens is 408 g/mol. The van der Waals surface area contributed by atoms with Crippen LogP contribution in [0.25, 0.3) is 11.4 Å². The van der Waals surface area contributed by atoms with Gasteiger partial charge in [-0.05, 0) is 44.0 Å². The zero-order valence-corrected chi connectivity index (χ0v) is 14.8. The summed E-state index contributed by atoms with van der Waals surface area (Å²) in [4.78, 5) is 8.60. The van der Waals surface area contributed by atoms with E-state index in [4.69, 9.17) is 5.73 Å². The number of anilines is 1. The molecule has 2 aromatic rings. The molecule has 0 aliphatic carbocycles. The average molecular weight is 421 g/mol. The number of benzene rings is 1. The molecule has 7 heteroatoms. The lowest BCUT2D eigenvalue weighted by Crippen LogP contribution is -2.17. The zero-order valence-electron chi connectivity index (χ0n) is 11.6. The number of rotatable bonds is 1. The first-order chi connectivity index (χ1) is 9.62. The molecule has 0 unspecified atom stereocenters. The normalized spacial score (nSPS) is 11.8. The van der Waals surface area contributed by atoms with Crippen molar-refractivity contribution in [1.29, 1.82) is 0 Å². The Morgan fingerprint density at radius 1 is 1.05 bits per heavy atom. The van der Waals surface area contributed by atoms with Crippen LogP contribution in [0.3, 0.4) is 0 Å². The van der Waals surface area contributed by atoms with Gasteiger partial charge in [-0.2, -0.15) is 0 Å². The number of halogens is 4. The highest BCUT2D eigenvalue weighted by atomic mass is 79.9. The Labute approximate surface area is 138 Å². The summed E-state index contributed by atoms with van der Waals surface area (Å²) >= 11 is 6.41. The summed E-state index contributed by atoms with van der Waals surface area (Å²) in [6.07, 6.45) is 0. The SMILES string of the molecule is CC(C)(C)c1nc(-c2ccc(F)c(F)c2Br)nc(N)c1Br. The Hall–Kier alpha value is -1.08. The fourth-order valence-corrected chi connectivity index (χ4v) is 3.05. The van der Waals surface area contributed by atoms with Crippen LogP contribution in [0.1, 0.15) is 26.5 Å². The molecule has 0 saturated heterocycles. The fourth-order valence-electron chi connectivity index (χ4n) is 1.78. The third-order valence-electron chi connectivity index (χ3n) is 2.86. The van der Waals surface area contributed by atoms with Crippen LogP contribution >= 0.6 is 31.9 Å². The average Bonchev–Trinajstić information content (AvgIpc) is 2.38. The Morgan fingerprint density at radius 3 is 2.24 bits per heavy atom. The minimum absolute atomic E-state index is 0.0240. The van der Waals surface area contributed by atoms with E-state index in [9.17, 15) is 8.78 Å². The largest absolute Gasteiger partial charge is 0.383 e. The monoisotopic (exact) mass is 419 g/mol. The molecule has 1 aromatic heterocycles. The number of nitrogen functional groups attached to an aromatic ring is 1. The first-order valence-electron chi connectivity index (χ1n) is 6.10. The Kier molecular flexibility index (Phi) is 4.35. The Balaban J connectivity index is 2.72. The van der Waals surface area contributed by atoms with E-state index in [1.807, 2.05) is 20.8 Å². The van der Waals surface area contributed by atoms with E-state index in [1.165, 1.54) is 6.07 Å². The number of hydrogen-bond donors (Lipinski definition) is 1. The van der Waals surface area contributed by atoms with Gasteiger partial charge in [-0.25, -0.2) is 18.7 Å². The third-order valence-corrected chi connectivity index (χ3v) is 4.42. The van der Waals surface area contributed by atoms with Crippen molar-refractivity contribution >= 4 is 37.7 Å². The maximum atomic E-state index is 13.7. The van der Waals surface area contributed by atoms with Crippen molar-refractivity contribution in [3.05, 3.63) is 38.4 Å². The lowest BCUT2D eigenvalue weighted by atomic mass is 9.91. The van der Waals surface area contributed by atoms with Crippen LogP contribution in [0.4, 0.5) is 14.6 Å². The van der Waals surface area contributed by atoms with Crippen molar-refractivity contribution in [3.63, 3.8) is 0 Å². The fraction of sp³-hybridized carbons (Fsp3) is 0.286. The molecule has 0 spiro atoms. The highest BCUT2D eigenvalue weighted by molar-refractivity contribution is 9.11. The molecule has 0 fully saturated rings. The van der Waals surface area contributed by atoms with Gasteiger partial charge in [0.1, 0.15) is 5.82 Å². The summed E-state index contributed by atoms with van der Waals surface area (Å²) in [6, 6.07) is 2.45. The van der Waals surface area contributed by atoms with Crippen LogP contribution in [0.2, 0.25) is 0 Å². The van der Waals surface area contributed by atoms with Gasteiger partial charge in [-0.1, -0.05) is 20.8 Å². The highest BCUT2D eigenvalue weighted by Crippen LogP contribution is 2.35. The standard InChI is InChI=1S/C14H13Br2F2N3/c1-14(2,3)11-9(16)12(19)21-13(20-11)6-4-5-7(17)10(18)8(6)15/h4-5H,1-3H3,(H2,19,20,21). The van der Waals surface area contributed by atoms with Gasteiger partial charge in [-0.3, -0.25) is 0 Å². The van der Waals surface area contributed by atoms with Gasteiger partial charge >= 0.3 is 0 Å². The van der Waals surface area contributed by atoms with Crippen LogP contribution in [0.5, 0.6) is 0 Å². The van der Waals surface area contributed by atoms with Crippen molar-refractivity contribution in [3.8, 4) is 11.4 Å². The molecule has 21 heavy (non-hydrogen) atoms. The van der Waals surface area contributed by atoms with Crippen LogP contribution < -0.4 is 5.73 Å². The van der Waals surface area contributed by atoms with E-state index < -0.39 is 11.6 Å². The maximum Gasteiger partial charge on any atom is 0.173 e. The number of hydrogen-bond acceptors (Lipinski definition) is 3. The van der Waals surface area contributed by atoms with E-state index in [1.54, 1.807) is 0 Å². The molecule has 2 rings (SSSR count). The predicted octanol–water partition coefficient (Wildman–Crippen LogP) is 4.83. The quantitative estimate of drug-likeness (QED) is 0.672. The molecule has 0 aliphatic heterocycles. The molecule has 0 radical (unpaired) electrons. The minimum atomic E-state index is -0.977. The van der Waals surface area contributed by atoms with Crippen molar-refractivity contribution in [1.82, 2.24) is 9.97 Å². The number of nitrogens with zero attached hydrogens (tertiary/aromatic N) is 2. The summed E-state index contributed by atoms with van der Waals surface area (Å²) in [5, 5.41) is 0. The van der Waals surface area contributed by atoms with Crippen molar-refractivity contribution < 1.29 is 8.78 Å². The Morgan fingerprint density at radius 2 is 1.67 bits per heavy atom. The van der Waals surface area contributed by atoms with Gasteiger partial charge in [0.25, 0.3) is 0 Å². The maximum absolute atomic E-state index is 13.7. The molecule has 0 amide bonds. The second-order valence-electron chi connectivity index (χ2n) is 5.57. The molecule has 2 N–H and O–H groups in total. The van der Waals surface area contributed by atoms with Crippen LogP contribution in [-0.2, 0) is 5.41 Å². The topological polar surface area (TPSA) is 51.8 Å². The summed E-state index contributed by atoms with van der Waals surface area (Å²) in [6.45, 7) is 5.93. The molecule has 0 atom stereocenters. The minimum Gasteiger partial charge on any atom is -0.383 e. The molecule has 112 valence electrons. The summed E-state index contributed by atoms with van der Waals surface area (Å²) in [5.74, 6) is -1.42. The van der Waals surface area contributed by atoms with Crippen molar-refractivity contribution in [2.45, 2.75) is 26.2 Å². The number of aromatic nitrogens is 2. The first-order valence-corrected chi connectivity index (χ1v) is 7.69. The summed E-state index contributed by atoms with van der Waals surface area (Å²) in [7, 11) is 0. The van der Waals surface area contributed by atoms with Gasteiger partial charge in [0, 0.05) is 11.0 Å². The summed E-state index contributed by atoms with van der Waals surface area (Å²) in [5.41, 5.74) is 6.65. The predicted molar refractivity (Wildman–Crippen MR) is 85.9 cm³/mol. The van der Waals surface area contributed by atoms with E-state index in [0.29, 0.717) is 15.7 Å². The van der Waals surface area contributed by atoms with E-state index in [-0.39, 0.29) is 21.5 Å². The Bertz CT molecular complexity index is 712. The van der Waals surface area contributed by atoms with E-state index >= 15 is 0 Å². The number of nitrogens with two attached hydrogens (primary N) is 1.